The third kappa shape index (κ3) is 3.63. The predicted octanol–water partition coefficient (Wildman–Crippen LogP) is 3.38. The van der Waals surface area contributed by atoms with Crippen molar-refractivity contribution in [1.29, 1.82) is 0 Å². The molecule has 0 aliphatic carbocycles. The Bertz CT molecular complexity index is 411. The molecule has 1 aliphatic heterocycles. The van der Waals surface area contributed by atoms with Gasteiger partial charge in [0, 0.05) is 13.1 Å². The summed E-state index contributed by atoms with van der Waals surface area (Å²) >= 11 is 6.31. The van der Waals surface area contributed by atoms with E-state index in [0.29, 0.717) is 0 Å². The third-order valence-corrected chi connectivity index (χ3v) is 3.98. The summed E-state index contributed by atoms with van der Waals surface area (Å²) in [5.41, 5.74) is 0.830. The first-order valence-electron chi connectivity index (χ1n) is 6.79. The quantitative estimate of drug-likeness (QED) is 0.795. The van der Waals surface area contributed by atoms with Crippen molar-refractivity contribution in [2.24, 2.45) is 0 Å². The second-order valence-electron chi connectivity index (χ2n) is 4.88. The molecule has 0 aromatic heterocycles. The lowest BCUT2D eigenvalue weighted by Gasteiger charge is -2.23. The van der Waals surface area contributed by atoms with Gasteiger partial charge in [0.1, 0.15) is 11.1 Å². The summed E-state index contributed by atoms with van der Waals surface area (Å²) in [5, 5.41) is -0.594. The predicted molar refractivity (Wildman–Crippen MR) is 76.6 cm³/mol. The smallest absolute Gasteiger partial charge is 0.245 e. The van der Waals surface area contributed by atoms with E-state index in [2.05, 4.69) is 0 Å². The van der Waals surface area contributed by atoms with Crippen LogP contribution in [0, 0.1) is 0 Å². The zero-order valence-electron chi connectivity index (χ0n) is 11.3. The molecule has 0 radical (unpaired) electrons. The first kappa shape index (κ1) is 14.2. The molecule has 4 heteroatoms. The van der Waals surface area contributed by atoms with Crippen LogP contribution in [0.3, 0.4) is 0 Å². The number of hydrogen-bond donors (Lipinski definition) is 0. The Balaban J connectivity index is 2.04. The first-order chi connectivity index (χ1) is 9.22. The molecule has 1 heterocycles. The van der Waals surface area contributed by atoms with Crippen molar-refractivity contribution < 1.29 is 9.53 Å². The molecule has 2 rings (SSSR count). The van der Waals surface area contributed by atoms with Gasteiger partial charge in [-0.05, 0) is 30.5 Å². The van der Waals surface area contributed by atoms with Crippen molar-refractivity contribution in [3.8, 4) is 5.75 Å². The summed E-state index contributed by atoms with van der Waals surface area (Å²) in [7, 11) is 1.62. The highest BCUT2D eigenvalue weighted by Gasteiger charge is 2.24. The van der Waals surface area contributed by atoms with Gasteiger partial charge < -0.3 is 9.64 Å². The molecular weight excluding hydrogens is 262 g/mol. The topological polar surface area (TPSA) is 29.5 Å². The maximum Gasteiger partial charge on any atom is 0.245 e. The van der Waals surface area contributed by atoms with Gasteiger partial charge in [-0.1, -0.05) is 25.0 Å². The maximum absolute atomic E-state index is 12.4. The fourth-order valence-corrected chi connectivity index (χ4v) is 2.65. The van der Waals surface area contributed by atoms with Gasteiger partial charge in [0.15, 0.2) is 0 Å². The van der Waals surface area contributed by atoms with Crippen molar-refractivity contribution in [3.63, 3.8) is 0 Å². The molecule has 1 aromatic rings. The van der Waals surface area contributed by atoms with Crippen molar-refractivity contribution in [2.75, 3.05) is 20.2 Å². The highest BCUT2D eigenvalue weighted by Crippen LogP contribution is 2.26. The number of methoxy groups -OCH3 is 1. The number of carbonyl (C=O) groups is 1. The van der Waals surface area contributed by atoms with Crippen LogP contribution in [0.2, 0.25) is 0 Å². The number of alkyl halides is 1. The molecule has 0 spiro atoms. The summed E-state index contributed by atoms with van der Waals surface area (Å²) in [6.45, 7) is 1.66. The van der Waals surface area contributed by atoms with Gasteiger partial charge >= 0.3 is 0 Å². The van der Waals surface area contributed by atoms with E-state index in [1.807, 2.05) is 29.2 Å². The molecule has 19 heavy (non-hydrogen) atoms. The second kappa shape index (κ2) is 6.80. The lowest BCUT2D eigenvalue weighted by Crippen LogP contribution is -2.34. The number of nitrogens with zero attached hydrogens (tertiary/aromatic N) is 1. The number of halogens is 1. The third-order valence-electron chi connectivity index (χ3n) is 3.54. The van der Waals surface area contributed by atoms with Gasteiger partial charge in [-0.25, -0.2) is 0 Å². The minimum atomic E-state index is -0.594. The van der Waals surface area contributed by atoms with E-state index in [1.165, 1.54) is 12.8 Å². The fourth-order valence-electron chi connectivity index (χ4n) is 2.37. The molecule has 1 atom stereocenters. The number of benzene rings is 1. The highest BCUT2D eigenvalue weighted by atomic mass is 35.5. The summed E-state index contributed by atoms with van der Waals surface area (Å²) in [6.07, 6.45) is 4.58. The molecule has 1 fully saturated rings. The van der Waals surface area contributed by atoms with Crippen LogP contribution in [-0.4, -0.2) is 31.0 Å². The molecular formula is C15H20ClNO2. The van der Waals surface area contributed by atoms with Gasteiger partial charge in [0.05, 0.1) is 7.11 Å². The van der Waals surface area contributed by atoms with Gasteiger partial charge in [-0.15, -0.1) is 11.6 Å². The Labute approximate surface area is 119 Å². The van der Waals surface area contributed by atoms with Crippen LogP contribution in [0.1, 0.15) is 36.6 Å². The molecule has 1 unspecified atom stereocenters. The monoisotopic (exact) mass is 281 g/mol. The Morgan fingerprint density at radius 1 is 1.16 bits per heavy atom. The number of likely N-dealkylation sites (tertiary alicyclic amines) is 1. The van der Waals surface area contributed by atoms with Crippen molar-refractivity contribution >= 4 is 17.5 Å². The number of rotatable bonds is 3. The fraction of sp³-hybridized carbons (Fsp3) is 0.533. The molecule has 0 bridgehead atoms. The van der Waals surface area contributed by atoms with Crippen molar-refractivity contribution in [2.45, 2.75) is 31.1 Å². The van der Waals surface area contributed by atoms with Gasteiger partial charge in [0.2, 0.25) is 5.91 Å². The van der Waals surface area contributed by atoms with Gasteiger partial charge in [-0.3, -0.25) is 4.79 Å². The molecule has 1 saturated heterocycles. The van der Waals surface area contributed by atoms with E-state index < -0.39 is 5.38 Å². The molecule has 104 valence electrons. The van der Waals surface area contributed by atoms with Crippen LogP contribution in [0.4, 0.5) is 0 Å². The first-order valence-corrected chi connectivity index (χ1v) is 7.23. The summed E-state index contributed by atoms with van der Waals surface area (Å²) in [5.74, 6) is 0.795. The van der Waals surface area contributed by atoms with Gasteiger partial charge in [-0.2, -0.15) is 0 Å². The average molecular weight is 282 g/mol. The molecule has 0 N–H and O–H groups in total. The standard InChI is InChI=1S/C15H20ClNO2/c1-19-13-8-6-12(7-9-13)14(16)15(18)17-10-4-2-3-5-11-17/h6-9,14H,2-5,10-11H2,1H3. The summed E-state index contributed by atoms with van der Waals surface area (Å²) < 4.78 is 5.10. The number of carbonyl (C=O) groups excluding carboxylic acids is 1. The van der Waals surface area contributed by atoms with Gasteiger partial charge in [0.25, 0.3) is 0 Å². The van der Waals surface area contributed by atoms with Crippen LogP contribution in [0.25, 0.3) is 0 Å². The zero-order valence-corrected chi connectivity index (χ0v) is 12.0. The molecule has 0 saturated carbocycles. The van der Waals surface area contributed by atoms with Crippen molar-refractivity contribution in [1.82, 2.24) is 4.90 Å². The van der Waals surface area contributed by atoms with Crippen LogP contribution in [0.15, 0.2) is 24.3 Å². The summed E-state index contributed by atoms with van der Waals surface area (Å²) in [4.78, 5) is 14.3. The van der Waals surface area contributed by atoms with E-state index >= 15 is 0 Å². The molecule has 3 nitrogen and oxygen atoms in total. The SMILES string of the molecule is COc1ccc(C(Cl)C(=O)N2CCCCCC2)cc1. The lowest BCUT2D eigenvalue weighted by molar-refractivity contribution is -0.130. The largest absolute Gasteiger partial charge is 0.497 e. The minimum Gasteiger partial charge on any atom is -0.497 e. The van der Waals surface area contributed by atoms with Crippen LogP contribution < -0.4 is 4.74 Å². The minimum absolute atomic E-state index is 0.0220. The molecule has 1 aromatic carbocycles. The number of hydrogen-bond acceptors (Lipinski definition) is 2. The summed E-state index contributed by atoms with van der Waals surface area (Å²) in [6, 6.07) is 7.37. The molecule has 1 amide bonds. The van der Waals surface area contributed by atoms with Crippen LogP contribution in [-0.2, 0) is 4.79 Å². The lowest BCUT2D eigenvalue weighted by atomic mass is 10.1. The Morgan fingerprint density at radius 2 is 1.74 bits per heavy atom. The average Bonchev–Trinajstić information content (AvgIpc) is 2.75. The van der Waals surface area contributed by atoms with Crippen LogP contribution in [0.5, 0.6) is 5.75 Å². The van der Waals surface area contributed by atoms with Crippen LogP contribution >= 0.6 is 11.6 Å². The maximum atomic E-state index is 12.4. The zero-order chi connectivity index (χ0) is 13.7. The normalized spacial score (nSPS) is 17.7. The Morgan fingerprint density at radius 3 is 2.26 bits per heavy atom. The van der Waals surface area contributed by atoms with Crippen molar-refractivity contribution in [3.05, 3.63) is 29.8 Å². The number of ether oxygens (including phenoxy) is 1. The number of amides is 1. The highest BCUT2D eigenvalue weighted by molar-refractivity contribution is 6.30. The van der Waals surface area contributed by atoms with E-state index in [0.717, 1.165) is 37.2 Å². The Hall–Kier alpha value is -1.22. The molecule has 1 aliphatic rings. The van der Waals surface area contributed by atoms with E-state index in [9.17, 15) is 4.79 Å². The van der Waals surface area contributed by atoms with E-state index in [1.54, 1.807) is 7.11 Å². The second-order valence-corrected chi connectivity index (χ2v) is 5.31. The Kier molecular flexibility index (Phi) is 5.08. The van der Waals surface area contributed by atoms with E-state index in [4.69, 9.17) is 16.3 Å². The van der Waals surface area contributed by atoms with E-state index in [-0.39, 0.29) is 5.91 Å².